The average Bonchev–Trinajstić information content (AvgIpc) is 2.77. The number of ketones is 1. The zero-order valence-corrected chi connectivity index (χ0v) is 13.2. The van der Waals surface area contributed by atoms with Crippen LogP contribution in [0, 0.1) is 19.8 Å². The van der Waals surface area contributed by atoms with E-state index < -0.39 is 5.92 Å². The van der Waals surface area contributed by atoms with Crippen molar-refractivity contribution in [2.75, 3.05) is 13.2 Å². The molecule has 1 aromatic rings. The average molecular weight is 301 g/mol. The fraction of sp³-hybridized carbons (Fsp3) is 0.556. The van der Waals surface area contributed by atoms with Gasteiger partial charge in [0.05, 0.1) is 6.04 Å². The predicted molar refractivity (Wildman–Crippen MR) is 83.8 cm³/mol. The van der Waals surface area contributed by atoms with Crippen molar-refractivity contribution in [1.82, 2.24) is 5.32 Å². The molecular formula is C18H23NO3. The molecule has 118 valence electrons. The summed E-state index contributed by atoms with van der Waals surface area (Å²) in [4.78, 5) is 25.1. The molecule has 4 heteroatoms. The van der Waals surface area contributed by atoms with E-state index in [1.54, 1.807) is 0 Å². The van der Waals surface area contributed by atoms with Gasteiger partial charge in [0.15, 0.2) is 5.78 Å². The van der Waals surface area contributed by atoms with Crippen molar-refractivity contribution in [3.63, 3.8) is 0 Å². The van der Waals surface area contributed by atoms with Gasteiger partial charge in [-0.05, 0) is 50.2 Å². The van der Waals surface area contributed by atoms with Gasteiger partial charge in [-0.3, -0.25) is 9.59 Å². The number of hydrogen-bond acceptors (Lipinski definition) is 3. The molecule has 3 rings (SSSR count). The topological polar surface area (TPSA) is 55.4 Å². The predicted octanol–water partition coefficient (Wildman–Crippen LogP) is 2.27. The minimum atomic E-state index is -0.634. The van der Waals surface area contributed by atoms with Crippen LogP contribution in [0.15, 0.2) is 18.2 Å². The summed E-state index contributed by atoms with van der Waals surface area (Å²) < 4.78 is 5.36. The number of aryl methyl sites for hydroxylation is 2. The molecule has 2 heterocycles. The van der Waals surface area contributed by atoms with Crippen molar-refractivity contribution in [3.05, 3.63) is 34.9 Å². The van der Waals surface area contributed by atoms with Crippen LogP contribution >= 0.6 is 0 Å². The Hall–Kier alpha value is -1.68. The van der Waals surface area contributed by atoms with E-state index in [-0.39, 0.29) is 17.7 Å². The highest BCUT2D eigenvalue weighted by molar-refractivity contribution is 6.15. The lowest BCUT2D eigenvalue weighted by Gasteiger charge is -2.24. The van der Waals surface area contributed by atoms with Crippen molar-refractivity contribution < 1.29 is 14.3 Å². The number of carbonyl (C=O) groups excluding carboxylic acids is 2. The molecule has 2 unspecified atom stereocenters. The molecule has 2 saturated heterocycles. The molecule has 0 spiro atoms. The summed E-state index contributed by atoms with van der Waals surface area (Å²) in [6.07, 6.45) is 2.71. The molecule has 0 aliphatic carbocycles. The Bertz CT molecular complexity index is 590. The van der Waals surface area contributed by atoms with Crippen LogP contribution in [-0.2, 0) is 14.3 Å². The maximum absolute atomic E-state index is 12.7. The van der Waals surface area contributed by atoms with Gasteiger partial charge < -0.3 is 10.1 Å². The van der Waals surface area contributed by atoms with Crippen molar-refractivity contribution in [2.24, 2.45) is 5.92 Å². The number of nitrogens with one attached hydrogen (secondary N) is 1. The van der Waals surface area contributed by atoms with E-state index in [1.165, 1.54) is 0 Å². The number of ether oxygens (including phenoxy) is 1. The monoisotopic (exact) mass is 301 g/mol. The van der Waals surface area contributed by atoms with Crippen LogP contribution in [0.4, 0.5) is 0 Å². The van der Waals surface area contributed by atoms with Crippen LogP contribution in [0.3, 0.4) is 0 Å². The van der Waals surface area contributed by atoms with Crippen LogP contribution in [0.5, 0.6) is 0 Å². The normalized spacial score (nSPS) is 26.3. The van der Waals surface area contributed by atoms with E-state index in [2.05, 4.69) is 5.32 Å². The third kappa shape index (κ3) is 2.93. The zero-order chi connectivity index (χ0) is 15.7. The number of Topliss-reactive ketones (excluding diaryl/α,β-unsaturated/α-hetero) is 1. The highest BCUT2D eigenvalue weighted by Crippen LogP contribution is 2.31. The minimum absolute atomic E-state index is 0.0326. The second-order valence-corrected chi connectivity index (χ2v) is 6.55. The van der Waals surface area contributed by atoms with Crippen LogP contribution in [-0.4, -0.2) is 30.9 Å². The van der Waals surface area contributed by atoms with Gasteiger partial charge in [0.25, 0.3) is 0 Å². The fourth-order valence-electron chi connectivity index (χ4n) is 3.51. The smallest absolute Gasteiger partial charge is 0.235 e. The molecule has 1 amide bonds. The summed E-state index contributed by atoms with van der Waals surface area (Å²) in [6.45, 7) is 5.47. The highest BCUT2D eigenvalue weighted by Gasteiger charge is 2.43. The van der Waals surface area contributed by atoms with Gasteiger partial charge in [-0.1, -0.05) is 23.8 Å². The second kappa shape index (κ2) is 6.21. The maximum Gasteiger partial charge on any atom is 0.235 e. The lowest BCUT2D eigenvalue weighted by Crippen LogP contribution is -2.33. The minimum Gasteiger partial charge on any atom is -0.381 e. The first-order chi connectivity index (χ1) is 10.6. The quantitative estimate of drug-likeness (QED) is 0.871. The van der Waals surface area contributed by atoms with E-state index in [1.807, 2.05) is 32.0 Å². The van der Waals surface area contributed by atoms with E-state index in [0.717, 1.165) is 49.2 Å². The van der Waals surface area contributed by atoms with Gasteiger partial charge >= 0.3 is 0 Å². The molecule has 1 aromatic carbocycles. The SMILES string of the molecule is Cc1ccc(C)c(C2C(=O)NC(CC3CCOCC3)C2=O)c1. The van der Waals surface area contributed by atoms with Gasteiger partial charge in [0, 0.05) is 13.2 Å². The molecule has 0 saturated carbocycles. The molecule has 1 N–H and O–H groups in total. The number of carbonyl (C=O) groups is 2. The maximum atomic E-state index is 12.7. The summed E-state index contributed by atoms with van der Waals surface area (Å²) in [5.74, 6) is -0.272. The summed E-state index contributed by atoms with van der Waals surface area (Å²) >= 11 is 0. The van der Waals surface area contributed by atoms with Crippen molar-refractivity contribution in [1.29, 1.82) is 0 Å². The Kier molecular flexibility index (Phi) is 4.30. The van der Waals surface area contributed by atoms with Gasteiger partial charge in [-0.25, -0.2) is 0 Å². The van der Waals surface area contributed by atoms with Gasteiger partial charge in [0.2, 0.25) is 5.91 Å². The molecule has 2 aliphatic heterocycles. The van der Waals surface area contributed by atoms with Crippen molar-refractivity contribution in [2.45, 2.75) is 45.1 Å². The van der Waals surface area contributed by atoms with Gasteiger partial charge in [-0.15, -0.1) is 0 Å². The largest absolute Gasteiger partial charge is 0.381 e. The Balaban J connectivity index is 1.77. The molecular weight excluding hydrogens is 278 g/mol. The van der Waals surface area contributed by atoms with Crippen LogP contribution in [0.25, 0.3) is 0 Å². The molecule has 0 aromatic heterocycles. The van der Waals surface area contributed by atoms with Crippen LogP contribution in [0.1, 0.15) is 41.9 Å². The highest BCUT2D eigenvalue weighted by atomic mass is 16.5. The third-order valence-electron chi connectivity index (χ3n) is 4.86. The summed E-state index contributed by atoms with van der Waals surface area (Å²) in [5.41, 5.74) is 2.94. The molecule has 22 heavy (non-hydrogen) atoms. The Labute approximate surface area is 131 Å². The Morgan fingerprint density at radius 2 is 1.91 bits per heavy atom. The molecule has 2 aliphatic rings. The molecule has 2 atom stereocenters. The van der Waals surface area contributed by atoms with Crippen LogP contribution in [0.2, 0.25) is 0 Å². The zero-order valence-electron chi connectivity index (χ0n) is 13.2. The summed E-state index contributed by atoms with van der Waals surface area (Å²) in [7, 11) is 0. The molecule has 0 bridgehead atoms. The number of rotatable bonds is 3. The van der Waals surface area contributed by atoms with Gasteiger partial charge in [0.1, 0.15) is 5.92 Å². The standard InChI is InChI=1S/C18H23NO3/c1-11-3-4-12(2)14(9-11)16-17(20)15(19-18(16)21)10-13-5-7-22-8-6-13/h3-4,9,13,15-16H,5-8,10H2,1-2H3,(H,19,21). The Morgan fingerprint density at radius 3 is 2.64 bits per heavy atom. The second-order valence-electron chi connectivity index (χ2n) is 6.55. The summed E-state index contributed by atoms with van der Waals surface area (Å²) in [5, 5.41) is 2.92. The molecule has 4 nitrogen and oxygen atoms in total. The lowest BCUT2D eigenvalue weighted by atomic mass is 9.86. The van der Waals surface area contributed by atoms with E-state index in [9.17, 15) is 9.59 Å². The molecule has 2 fully saturated rings. The Morgan fingerprint density at radius 1 is 1.18 bits per heavy atom. The van der Waals surface area contributed by atoms with E-state index in [0.29, 0.717) is 5.92 Å². The van der Waals surface area contributed by atoms with E-state index in [4.69, 9.17) is 4.74 Å². The van der Waals surface area contributed by atoms with Gasteiger partial charge in [-0.2, -0.15) is 0 Å². The summed E-state index contributed by atoms with van der Waals surface area (Å²) in [6, 6.07) is 5.63. The van der Waals surface area contributed by atoms with Crippen molar-refractivity contribution in [3.8, 4) is 0 Å². The first kappa shape index (κ1) is 15.2. The number of amides is 1. The lowest BCUT2D eigenvalue weighted by molar-refractivity contribution is -0.124. The number of benzene rings is 1. The van der Waals surface area contributed by atoms with Crippen molar-refractivity contribution >= 4 is 11.7 Å². The first-order valence-corrected chi connectivity index (χ1v) is 8.05. The number of hydrogen-bond donors (Lipinski definition) is 1. The van der Waals surface area contributed by atoms with E-state index >= 15 is 0 Å². The molecule has 0 radical (unpaired) electrons. The first-order valence-electron chi connectivity index (χ1n) is 8.05. The fourth-order valence-corrected chi connectivity index (χ4v) is 3.51. The third-order valence-corrected chi connectivity index (χ3v) is 4.86. The van der Waals surface area contributed by atoms with Crippen LogP contribution < -0.4 is 5.32 Å².